The molecule has 0 atom stereocenters. The van der Waals surface area contributed by atoms with Crippen LogP contribution in [0.5, 0.6) is 11.5 Å². The second kappa shape index (κ2) is 10.3. The van der Waals surface area contributed by atoms with Crippen molar-refractivity contribution in [3.63, 3.8) is 0 Å². The summed E-state index contributed by atoms with van der Waals surface area (Å²) in [5.74, 6) is -0.0205. The predicted molar refractivity (Wildman–Crippen MR) is 114 cm³/mol. The first-order valence-corrected chi connectivity index (χ1v) is 9.41. The van der Waals surface area contributed by atoms with Crippen molar-refractivity contribution in [3.8, 4) is 17.6 Å². The summed E-state index contributed by atoms with van der Waals surface area (Å²) in [4.78, 5) is 24.2. The van der Waals surface area contributed by atoms with E-state index in [2.05, 4.69) is 20.8 Å². The molecule has 2 aromatic rings. The second-order valence-electron chi connectivity index (χ2n) is 7.55. The molecule has 0 unspecified atom stereocenters. The number of nitriles is 1. The topological polar surface area (TPSA) is 85.6 Å². The van der Waals surface area contributed by atoms with Gasteiger partial charge in [-0.15, -0.1) is 0 Å². The molecular formula is C24H25NO5. The Labute approximate surface area is 176 Å². The lowest BCUT2D eigenvalue weighted by atomic mass is 9.86. The zero-order chi connectivity index (χ0) is 22.1. The molecule has 156 valence electrons. The Kier molecular flexibility index (Phi) is 7.76. The number of carbonyl (C=O) groups excluding carboxylic acids is 2. The number of esters is 1. The molecule has 2 rings (SSSR count). The van der Waals surface area contributed by atoms with Crippen molar-refractivity contribution >= 4 is 17.8 Å². The van der Waals surface area contributed by atoms with Crippen LogP contribution in [0.2, 0.25) is 0 Å². The Morgan fingerprint density at radius 1 is 1.07 bits per heavy atom. The summed E-state index contributed by atoms with van der Waals surface area (Å²) in [7, 11) is 1.48. The standard InChI is InChI=1S/C24H25NO5/c1-24(2,3)19-9-7-18(8-10-19)20(26)16-30-23(27)12-6-17-5-11-21(29-14-13-25)22(15-17)28-4/h5-12,15H,14,16H2,1-4H3/b12-6+. The Balaban J connectivity index is 1.93. The molecule has 6 nitrogen and oxygen atoms in total. The van der Waals surface area contributed by atoms with E-state index in [0.29, 0.717) is 22.6 Å². The molecule has 0 aliphatic heterocycles. The molecule has 0 fully saturated rings. The van der Waals surface area contributed by atoms with Crippen LogP contribution in [0.4, 0.5) is 0 Å². The van der Waals surface area contributed by atoms with Crippen LogP contribution in [0, 0.1) is 11.3 Å². The molecular weight excluding hydrogens is 382 g/mol. The molecule has 0 saturated heterocycles. The van der Waals surface area contributed by atoms with Gasteiger partial charge in [0.25, 0.3) is 0 Å². The molecule has 0 heterocycles. The minimum atomic E-state index is -0.626. The number of hydrogen-bond donors (Lipinski definition) is 0. The first kappa shape index (κ1) is 22.7. The normalized spacial score (nSPS) is 11.0. The number of methoxy groups -OCH3 is 1. The zero-order valence-electron chi connectivity index (χ0n) is 17.6. The number of Topliss-reactive ketones (excluding diaryl/α,β-unsaturated/α-hetero) is 1. The van der Waals surface area contributed by atoms with Gasteiger partial charge in [-0.25, -0.2) is 4.79 Å². The summed E-state index contributed by atoms with van der Waals surface area (Å²) in [6.45, 7) is 5.87. The summed E-state index contributed by atoms with van der Waals surface area (Å²) in [5.41, 5.74) is 2.30. The first-order chi connectivity index (χ1) is 14.2. The molecule has 6 heteroatoms. The lowest BCUT2D eigenvalue weighted by molar-refractivity contribution is -0.136. The van der Waals surface area contributed by atoms with Crippen LogP contribution in [0.15, 0.2) is 48.5 Å². The van der Waals surface area contributed by atoms with E-state index in [1.54, 1.807) is 36.4 Å². The number of ketones is 1. The molecule has 0 aliphatic rings. The predicted octanol–water partition coefficient (Wildman–Crippen LogP) is 4.33. The summed E-state index contributed by atoms with van der Waals surface area (Å²) in [5, 5.41) is 8.60. The quantitative estimate of drug-likeness (QED) is 0.368. The van der Waals surface area contributed by atoms with Crippen LogP contribution in [-0.2, 0) is 14.9 Å². The number of rotatable bonds is 8. The van der Waals surface area contributed by atoms with E-state index < -0.39 is 5.97 Å². The third-order valence-electron chi connectivity index (χ3n) is 4.31. The molecule has 0 spiro atoms. The van der Waals surface area contributed by atoms with E-state index >= 15 is 0 Å². The summed E-state index contributed by atoms with van der Waals surface area (Å²) in [6.07, 6.45) is 2.78. The molecule has 0 aromatic heterocycles. The van der Waals surface area contributed by atoms with E-state index in [-0.39, 0.29) is 24.4 Å². The third kappa shape index (κ3) is 6.49. The number of carbonyl (C=O) groups is 2. The molecule has 0 saturated carbocycles. The number of nitrogens with zero attached hydrogens (tertiary/aromatic N) is 1. The van der Waals surface area contributed by atoms with Crippen LogP contribution >= 0.6 is 0 Å². The molecule has 0 amide bonds. The molecule has 0 aliphatic carbocycles. The fourth-order valence-corrected chi connectivity index (χ4v) is 2.61. The van der Waals surface area contributed by atoms with Crippen molar-refractivity contribution < 1.29 is 23.8 Å². The number of ether oxygens (including phenoxy) is 3. The van der Waals surface area contributed by atoms with Gasteiger partial charge in [0, 0.05) is 11.6 Å². The van der Waals surface area contributed by atoms with Gasteiger partial charge in [0.05, 0.1) is 7.11 Å². The van der Waals surface area contributed by atoms with Gasteiger partial charge in [-0.2, -0.15) is 5.26 Å². The number of hydrogen-bond acceptors (Lipinski definition) is 6. The van der Waals surface area contributed by atoms with Crippen molar-refractivity contribution in [1.29, 1.82) is 5.26 Å². The van der Waals surface area contributed by atoms with Crippen molar-refractivity contribution in [1.82, 2.24) is 0 Å². The smallest absolute Gasteiger partial charge is 0.331 e. The van der Waals surface area contributed by atoms with Gasteiger partial charge >= 0.3 is 5.97 Å². The van der Waals surface area contributed by atoms with Gasteiger partial charge in [-0.1, -0.05) is 51.1 Å². The minimum absolute atomic E-state index is 0.00156. The average Bonchev–Trinajstić information content (AvgIpc) is 2.74. The van der Waals surface area contributed by atoms with Crippen LogP contribution in [-0.4, -0.2) is 32.1 Å². The lowest BCUT2D eigenvalue weighted by Gasteiger charge is -2.18. The maximum Gasteiger partial charge on any atom is 0.331 e. The summed E-state index contributed by atoms with van der Waals surface area (Å²) < 4.78 is 15.5. The largest absolute Gasteiger partial charge is 0.493 e. The highest BCUT2D eigenvalue weighted by atomic mass is 16.5. The van der Waals surface area contributed by atoms with Crippen LogP contribution < -0.4 is 9.47 Å². The first-order valence-electron chi connectivity index (χ1n) is 9.41. The maximum atomic E-state index is 12.2. The minimum Gasteiger partial charge on any atom is -0.493 e. The molecule has 0 radical (unpaired) electrons. The van der Waals surface area contributed by atoms with E-state index in [4.69, 9.17) is 19.5 Å². The highest BCUT2D eigenvalue weighted by Crippen LogP contribution is 2.28. The van der Waals surface area contributed by atoms with Crippen molar-refractivity contribution in [2.24, 2.45) is 0 Å². The van der Waals surface area contributed by atoms with Gasteiger partial charge in [-0.3, -0.25) is 4.79 Å². The summed E-state index contributed by atoms with van der Waals surface area (Å²) in [6, 6.07) is 14.2. The highest BCUT2D eigenvalue weighted by molar-refractivity contribution is 5.99. The van der Waals surface area contributed by atoms with Crippen molar-refractivity contribution in [2.75, 3.05) is 20.3 Å². The van der Waals surface area contributed by atoms with E-state index in [0.717, 1.165) is 5.56 Å². The molecule has 0 N–H and O–H groups in total. The second-order valence-corrected chi connectivity index (χ2v) is 7.55. The van der Waals surface area contributed by atoms with E-state index in [9.17, 15) is 9.59 Å². The van der Waals surface area contributed by atoms with Crippen LogP contribution in [0.1, 0.15) is 42.3 Å². The molecule has 2 aromatic carbocycles. The average molecular weight is 407 g/mol. The fraction of sp³-hybridized carbons (Fsp3) is 0.292. The highest BCUT2D eigenvalue weighted by Gasteiger charge is 2.15. The zero-order valence-corrected chi connectivity index (χ0v) is 17.6. The Bertz CT molecular complexity index is 963. The van der Waals surface area contributed by atoms with Gasteiger partial charge in [0.2, 0.25) is 0 Å². The number of benzene rings is 2. The van der Waals surface area contributed by atoms with E-state index in [1.807, 2.05) is 18.2 Å². The Hall–Kier alpha value is -3.59. The fourth-order valence-electron chi connectivity index (χ4n) is 2.61. The Morgan fingerprint density at radius 3 is 2.37 bits per heavy atom. The Morgan fingerprint density at radius 2 is 1.77 bits per heavy atom. The van der Waals surface area contributed by atoms with Gasteiger partial charge in [0.1, 0.15) is 6.07 Å². The third-order valence-corrected chi connectivity index (χ3v) is 4.31. The van der Waals surface area contributed by atoms with Crippen LogP contribution in [0.3, 0.4) is 0 Å². The summed E-state index contributed by atoms with van der Waals surface area (Å²) >= 11 is 0. The van der Waals surface area contributed by atoms with Gasteiger partial charge in [0.15, 0.2) is 30.5 Å². The molecule has 0 bridgehead atoms. The van der Waals surface area contributed by atoms with Crippen molar-refractivity contribution in [2.45, 2.75) is 26.2 Å². The monoisotopic (exact) mass is 407 g/mol. The van der Waals surface area contributed by atoms with Crippen LogP contribution in [0.25, 0.3) is 6.08 Å². The molecule has 30 heavy (non-hydrogen) atoms. The van der Waals surface area contributed by atoms with Crippen molar-refractivity contribution in [3.05, 3.63) is 65.2 Å². The lowest BCUT2D eigenvalue weighted by Crippen LogP contribution is -2.14. The maximum absolute atomic E-state index is 12.2. The SMILES string of the molecule is COc1cc(/C=C/C(=O)OCC(=O)c2ccc(C(C)(C)C)cc2)ccc1OCC#N. The van der Waals surface area contributed by atoms with Gasteiger partial charge in [-0.05, 0) is 34.8 Å². The van der Waals surface area contributed by atoms with E-state index in [1.165, 1.54) is 13.2 Å². The van der Waals surface area contributed by atoms with Gasteiger partial charge < -0.3 is 14.2 Å².